The molecule has 0 aromatic carbocycles. The van der Waals surface area contributed by atoms with Crippen molar-refractivity contribution >= 4 is 11.9 Å². The first-order valence-corrected chi connectivity index (χ1v) is 8.40. The van der Waals surface area contributed by atoms with Crippen LogP contribution in [-0.2, 0) is 9.59 Å². The van der Waals surface area contributed by atoms with Gasteiger partial charge < -0.3 is 10.4 Å². The average molecular weight is 294 g/mol. The second-order valence-electron chi connectivity index (χ2n) is 6.97. The number of aliphatic carboxylic acids is 1. The fraction of sp³-hybridized carbons (Fsp3) is 0.875. The van der Waals surface area contributed by atoms with Crippen molar-refractivity contribution in [3.05, 3.63) is 0 Å². The van der Waals surface area contributed by atoms with Gasteiger partial charge in [0.1, 0.15) is 6.04 Å². The molecule has 3 unspecified atom stereocenters. The third-order valence-electron chi connectivity index (χ3n) is 5.65. The van der Waals surface area contributed by atoms with Gasteiger partial charge in [0.2, 0.25) is 5.91 Å². The summed E-state index contributed by atoms with van der Waals surface area (Å²) in [6.07, 6.45) is 8.95. The van der Waals surface area contributed by atoms with E-state index in [0.29, 0.717) is 17.9 Å². The van der Waals surface area contributed by atoms with E-state index in [1.807, 2.05) is 4.90 Å². The van der Waals surface area contributed by atoms with E-state index in [0.717, 1.165) is 32.2 Å². The molecule has 0 aromatic rings. The molecule has 118 valence electrons. The predicted molar refractivity (Wildman–Crippen MR) is 78.8 cm³/mol. The van der Waals surface area contributed by atoms with E-state index in [-0.39, 0.29) is 12.5 Å². The normalized spacial score (nSPS) is 33.2. The molecule has 2 saturated carbocycles. The summed E-state index contributed by atoms with van der Waals surface area (Å²) in [7, 11) is 0. The number of carbonyl (C=O) groups excluding carboxylic acids is 1. The summed E-state index contributed by atoms with van der Waals surface area (Å²) in [4.78, 5) is 25.6. The smallest absolute Gasteiger partial charge is 0.320 e. The lowest BCUT2D eigenvalue weighted by Crippen LogP contribution is -2.48. The molecule has 0 radical (unpaired) electrons. The van der Waals surface area contributed by atoms with E-state index in [1.54, 1.807) is 0 Å². The Morgan fingerprint density at radius 3 is 2.52 bits per heavy atom. The molecule has 1 heterocycles. The van der Waals surface area contributed by atoms with E-state index in [9.17, 15) is 14.7 Å². The fourth-order valence-corrected chi connectivity index (χ4v) is 4.20. The first-order chi connectivity index (χ1) is 10.1. The van der Waals surface area contributed by atoms with Gasteiger partial charge in [0.25, 0.3) is 0 Å². The Morgan fingerprint density at radius 2 is 1.86 bits per heavy atom. The van der Waals surface area contributed by atoms with Crippen LogP contribution in [0.15, 0.2) is 0 Å². The number of carboxylic acid groups (broad SMARTS) is 1. The fourth-order valence-electron chi connectivity index (χ4n) is 4.20. The summed E-state index contributed by atoms with van der Waals surface area (Å²) < 4.78 is 0. The maximum atomic E-state index is 12.1. The number of likely N-dealkylation sites (tertiary alicyclic amines) is 1. The third kappa shape index (κ3) is 3.23. The number of rotatable bonds is 5. The van der Waals surface area contributed by atoms with Gasteiger partial charge in [0.05, 0.1) is 6.54 Å². The lowest BCUT2D eigenvalue weighted by atomic mass is 9.84. The molecule has 2 aliphatic carbocycles. The van der Waals surface area contributed by atoms with Crippen LogP contribution < -0.4 is 5.32 Å². The molecule has 3 rings (SSSR count). The van der Waals surface area contributed by atoms with Crippen molar-refractivity contribution in [2.24, 2.45) is 11.8 Å². The van der Waals surface area contributed by atoms with Crippen LogP contribution in [0.5, 0.6) is 0 Å². The van der Waals surface area contributed by atoms with E-state index in [4.69, 9.17) is 0 Å². The molecule has 2 N–H and O–H groups in total. The van der Waals surface area contributed by atoms with E-state index in [1.165, 1.54) is 25.7 Å². The zero-order chi connectivity index (χ0) is 14.8. The van der Waals surface area contributed by atoms with Crippen molar-refractivity contribution in [3.8, 4) is 0 Å². The first-order valence-electron chi connectivity index (χ1n) is 8.40. The average Bonchev–Trinajstić information content (AvgIpc) is 2.76. The monoisotopic (exact) mass is 294 g/mol. The van der Waals surface area contributed by atoms with Crippen molar-refractivity contribution in [1.29, 1.82) is 0 Å². The largest absolute Gasteiger partial charge is 0.480 e. The van der Waals surface area contributed by atoms with E-state index in [2.05, 4.69) is 5.32 Å². The zero-order valence-corrected chi connectivity index (χ0v) is 12.6. The van der Waals surface area contributed by atoms with Crippen molar-refractivity contribution in [1.82, 2.24) is 10.2 Å². The molecule has 0 aromatic heterocycles. The number of nitrogens with one attached hydrogen (secondary N) is 1. The molecule has 0 spiro atoms. The van der Waals surface area contributed by atoms with Gasteiger partial charge in [-0.1, -0.05) is 19.3 Å². The van der Waals surface area contributed by atoms with Crippen LogP contribution in [0.4, 0.5) is 0 Å². The van der Waals surface area contributed by atoms with Gasteiger partial charge >= 0.3 is 5.97 Å². The first kappa shape index (κ1) is 14.8. The van der Waals surface area contributed by atoms with Gasteiger partial charge in [-0.25, -0.2) is 0 Å². The molecule has 1 amide bonds. The molecule has 3 fully saturated rings. The summed E-state index contributed by atoms with van der Waals surface area (Å²) in [6.45, 7) is 1.02. The van der Waals surface area contributed by atoms with Crippen LogP contribution in [-0.4, -0.2) is 47.1 Å². The molecular formula is C16H26N2O3. The van der Waals surface area contributed by atoms with Crippen molar-refractivity contribution in [2.45, 2.75) is 63.5 Å². The van der Waals surface area contributed by atoms with Crippen LogP contribution in [0.1, 0.15) is 51.4 Å². The Labute approximate surface area is 126 Å². The highest BCUT2D eigenvalue weighted by molar-refractivity contribution is 5.80. The van der Waals surface area contributed by atoms with E-state index >= 15 is 0 Å². The summed E-state index contributed by atoms with van der Waals surface area (Å²) in [5, 5.41) is 12.4. The Balaban J connectivity index is 1.57. The molecule has 1 saturated heterocycles. The molecule has 0 bridgehead atoms. The molecule has 5 heteroatoms. The number of hydrogen-bond donors (Lipinski definition) is 2. The highest BCUT2D eigenvalue weighted by atomic mass is 16.4. The minimum Gasteiger partial charge on any atom is -0.480 e. The number of carbonyl (C=O) groups is 2. The maximum Gasteiger partial charge on any atom is 0.320 e. The van der Waals surface area contributed by atoms with Gasteiger partial charge in [-0.3, -0.25) is 14.5 Å². The molecule has 3 atom stereocenters. The topological polar surface area (TPSA) is 69.6 Å². The third-order valence-corrected chi connectivity index (χ3v) is 5.65. The Kier molecular flexibility index (Phi) is 4.48. The number of hydrogen-bond acceptors (Lipinski definition) is 3. The molecule has 1 aliphatic heterocycles. The Hall–Kier alpha value is -1.10. The lowest BCUT2D eigenvalue weighted by Gasteiger charge is -2.32. The van der Waals surface area contributed by atoms with Crippen molar-refractivity contribution < 1.29 is 14.7 Å². The number of amides is 1. The highest BCUT2D eigenvalue weighted by Crippen LogP contribution is 2.39. The second-order valence-corrected chi connectivity index (χ2v) is 6.97. The standard InChI is InChI=1S/C16H26N2O3/c19-15(17-9-11-4-3-5-11)10-18-13-7-2-1-6-12(13)8-14(18)16(20)21/h11-14H,1-10H2,(H,17,19)(H,20,21). The number of carboxylic acids is 1. The minimum atomic E-state index is -0.767. The quantitative estimate of drug-likeness (QED) is 0.808. The summed E-state index contributed by atoms with van der Waals surface area (Å²) >= 11 is 0. The summed E-state index contributed by atoms with van der Waals surface area (Å²) in [5.74, 6) is 0.347. The van der Waals surface area contributed by atoms with Crippen molar-refractivity contribution in [3.63, 3.8) is 0 Å². The van der Waals surface area contributed by atoms with Gasteiger partial charge in [-0.15, -0.1) is 0 Å². The van der Waals surface area contributed by atoms with E-state index < -0.39 is 12.0 Å². The highest BCUT2D eigenvalue weighted by Gasteiger charge is 2.45. The van der Waals surface area contributed by atoms with Gasteiger partial charge in [-0.05, 0) is 43.9 Å². The zero-order valence-electron chi connectivity index (χ0n) is 12.6. The van der Waals surface area contributed by atoms with Crippen molar-refractivity contribution in [2.75, 3.05) is 13.1 Å². The summed E-state index contributed by atoms with van der Waals surface area (Å²) in [6, 6.07) is -0.165. The van der Waals surface area contributed by atoms with Crippen LogP contribution in [0.3, 0.4) is 0 Å². The van der Waals surface area contributed by atoms with Crippen LogP contribution in [0, 0.1) is 11.8 Å². The minimum absolute atomic E-state index is 0.000580. The predicted octanol–water partition coefficient (Wildman–Crippen LogP) is 1.62. The summed E-state index contributed by atoms with van der Waals surface area (Å²) in [5.41, 5.74) is 0. The number of fused-ring (bicyclic) bond motifs is 1. The van der Waals surface area contributed by atoms with Crippen LogP contribution >= 0.6 is 0 Å². The maximum absolute atomic E-state index is 12.1. The van der Waals surface area contributed by atoms with Gasteiger partial charge in [0, 0.05) is 12.6 Å². The molecular weight excluding hydrogens is 268 g/mol. The number of nitrogens with zero attached hydrogens (tertiary/aromatic N) is 1. The van der Waals surface area contributed by atoms with Gasteiger partial charge in [-0.2, -0.15) is 0 Å². The second kappa shape index (κ2) is 6.34. The Morgan fingerprint density at radius 1 is 1.10 bits per heavy atom. The van der Waals surface area contributed by atoms with Gasteiger partial charge in [0.15, 0.2) is 0 Å². The van der Waals surface area contributed by atoms with Crippen LogP contribution in [0.25, 0.3) is 0 Å². The lowest BCUT2D eigenvalue weighted by molar-refractivity contribution is -0.143. The molecule has 5 nitrogen and oxygen atoms in total. The molecule has 3 aliphatic rings. The molecule has 21 heavy (non-hydrogen) atoms. The Bertz CT molecular complexity index is 408. The SMILES string of the molecule is O=C(CN1C(C(=O)O)CC2CCCCC21)NCC1CCC1. The van der Waals surface area contributed by atoms with Crippen LogP contribution in [0.2, 0.25) is 0 Å².